The van der Waals surface area contributed by atoms with Crippen molar-refractivity contribution >= 4 is 11.6 Å². The molecule has 2 aromatic carbocycles. The number of carbonyl (C=O) groups is 1. The number of carbonyl (C=O) groups excluding carboxylic acids is 1. The molecule has 0 radical (unpaired) electrons. The van der Waals surface area contributed by atoms with Crippen LogP contribution in [0.25, 0.3) is 11.4 Å². The van der Waals surface area contributed by atoms with E-state index in [1.54, 1.807) is 12.4 Å². The number of benzene rings is 2. The van der Waals surface area contributed by atoms with Gasteiger partial charge in [-0.1, -0.05) is 40.5 Å². The van der Waals surface area contributed by atoms with E-state index in [1.807, 2.05) is 68.4 Å². The lowest BCUT2D eigenvalue weighted by Gasteiger charge is -2.11. The number of anilines is 1. The molecule has 1 N–H and O–H groups in total. The van der Waals surface area contributed by atoms with Crippen molar-refractivity contribution in [1.82, 2.24) is 15.1 Å². The number of nitrogens with one attached hydrogen (secondary N) is 1. The molecule has 0 aliphatic heterocycles. The maximum Gasteiger partial charge on any atom is 0.255 e. The van der Waals surface area contributed by atoms with Crippen molar-refractivity contribution in [2.45, 2.75) is 20.3 Å². The quantitative estimate of drug-likeness (QED) is 0.544. The summed E-state index contributed by atoms with van der Waals surface area (Å²) >= 11 is 0. The van der Waals surface area contributed by atoms with Gasteiger partial charge in [-0.15, -0.1) is 0 Å². The van der Waals surface area contributed by atoms with E-state index in [0.29, 0.717) is 23.7 Å². The van der Waals surface area contributed by atoms with Gasteiger partial charge in [-0.3, -0.25) is 9.78 Å². The topological polar surface area (TPSA) is 80.9 Å². The fourth-order valence-electron chi connectivity index (χ4n) is 3.20. The number of para-hydroxylation sites is 1. The summed E-state index contributed by atoms with van der Waals surface area (Å²) in [6.07, 6.45) is 3.79. The third-order valence-corrected chi connectivity index (χ3v) is 4.48. The van der Waals surface area contributed by atoms with Crippen LogP contribution in [-0.4, -0.2) is 21.0 Å². The van der Waals surface area contributed by atoms with E-state index in [1.165, 1.54) is 0 Å². The van der Waals surface area contributed by atoms with Gasteiger partial charge in [-0.05, 0) is 49.7 Å². The maximum absolute atomic E-state index is 12.7. The largest absolute Gasteiger partial charge is 0.339 e. The van der Waals surface area contributed by atoms with E-state index in [0.717, 1.165) is 27.9 Å². The zero-order valence-corrected chi connectivity index (χ0v) is 16.2. The highest BCUT2D eigenvalue weighted by Gasteiger charge is 2.14. The minimum absolute atomic E-state index is 0.147. The van der Waals surface area contributed by atoms with Gasteiger partial charge in [-0.2, -0.15) is 4.98 Å². The summed E-state index contributed by atoms with van der Waals surface area (Å²) in [5.41, 5.74) is 5.15. The summed E-state index contributed by atoms with van der Waals surface area (Å²) in [5.74, 6) is 0.813. The predicted molar refractivity (Wildman–Crippen MR) is 111 cm³/mol. The first-order chi connectivity index (χ1) is 14.1. The van der Waals surface area contributed by atoms with Crippen LogP contribution in [-0.2, 0) is 6.42 Å². The molecule has 0 saturated carbocycles. The molecule has 0 atom stereocenters. The molecule has 6 heteroatoms. The fraction of sp³-hybridized carbons (Fsp3) is 0.130. The van der Waals surface area contributed by atoms with Gasteiger partial charge in [0.2, 0.25) is 11.7 Å². The lowest BCUT2D eigenvalue weighted by molar-refractivity contribution is 0.102. The Bertz CT molecular complexity index is 1130. The molecule has 0 aliphatic carbocycles. The van der Waals surface area contributed by atoms with Gasteiger partial charge >= 0.3 is 0 Å². The second-order valence-corrected chi connectivity index (χ2v) is 6.92. The lowest BCUT2D eigenvalue weighted by Crippen LogP contribution is -2.14. The van der Waals surface area contributed by atoms with Gasteiger partial charge < -0.3 is 9.84 Å². The highest BCUT2D eigenvalue weighted by atomic mass is 16.5. The van der Waals surface area contributed by atoms with E-state index in [2.05, 4.69) is 20.4 Å². The number of aromatic nitrogens is 3. The average molecular weight is 384 g/mol. The van der Waals surface area contributed by atoms with Crippen molar-refractivity contribution in [3.05, 3.63) is 95.1 Å². The first kappa shape index (κ1) is 18.6. The Hall–Kier alpha value is -3.80. The molecule has 0 aliphatic rings. The first-order valence-corrected chi connectivity index (χ1v) is 9.29. The molecule has 2 aromatic heterocycles. The number of amides is 1. The molecule has 2 heterocycles. The molecule has 0 bridgehead atoms. The summed E-state index contributed by atoms with van der Waals surface area (Å²) in [6, 6.07) is 17.1. The lowest BCUT2D eigenvalue weighted by atomic mass is 10.1. The van der Waals surface area contributed by atoms with Crippen LogP contribution in [0.1, 0.15) is 32.9 Å². The highest BCUT2D eigenvalue weighted by molar-refractivity contribution is 6.04. The van der Waals surface area contributed by atoms with E-state index >= 15 is 0 Å². The van der Waals surface area contributed by atoms with Crippen LogP contribution >= 0.6 is 0 Å². The number of nitrogens with zero attached hydrogens (tertiary/aromatic N) is 3. The SMILES string of the molecule is Cc1cc(C)cc(C(=O)Nc2ccccc2Cc2nc(-c3cccnc3)no2)c1. The van der Waals surface area contributed by atoms with Crippen LogP contribution in [0.4, 0.5) is 5.69 Å². The summed E-state index contributed by atoms with van der Waals surface area (Å²) in [5, 5.41) is 7.03. The Morgan fingerprint density at radius 2 is 1.83 bits per heavy atom. The highest BCUT2D eigenvalue weighted by Crippen LogP contribution is 2.21. The number of hydrogen-bond donors (Lipinski definition) is 1. The third kappa shape index (κ3) is 4.38. The van der Waals surface area contributed by atoms with Gasteiger partial charge in [0, 0.05) is 29.2 Å². The van der Waals surface area contributed by atoms with E-state index < -0.39 is 0 Å². The minimum atomic E-state index is -0.147. The number of pyridine rings is 1. The van der Waals surface area contributed by atoms with Crippen molar-refractivity contribution in [3.63, 3.8) is 0 Å². The molecule has 144 valence electrons. The zero-order chi connectivity index (χ0) is 20.2. The second-order valence-electron chi connectivity index (χ2n) is 6.92. The van der Waals surface area contributed by atoms with Crippen LogP contribution in [0.15, 0.2) is 71.5 Å². The zero-order valence-electron chi connectivity index (χ0n) is 16.2. The first-order valence-electron chi connectivity index (χ1n) is 9.29. The van der Waals surface area contributed by atoms with Crippen molar-refractivity contribution < 1.29 is 9.32 Å². The van der Waals surface area contributed by atoms with Crippen molar-refractivity contribution in [2.24, 2.45) is 0 Å². The van der Waals surface area contributed by atoms with E-state index in [9.17, 15) is 4.79 Å². The molecular weight excluding hydrogens is 364 g/mol. The molecule has 0 saturated heterocycles. The third-order valence-electron chi connectivity index (χ3n) is 4.48. The summed E-state index contributed by atoms with van der Waals surface area (Å²) < 4.78 is 5.40. The minimum Gasteiger partial charge on any atom is -0.339 e. The smallest absolute Gasteiger partial charge is 0.255 e. The fourth-order valence-corrected chi connectivity index (χ4v) is 3.20. The number of hydrogen-bond acceptors (Lipinski definition) is 5. The standard InChI is InChI=1S/C23H20N4O2/c1-15-10-16(2)12-19(11-15)23(28)25-20-8-4-3-6-17(20)13-21-26-22(27-29-21)18-7-5-9-24-14-18/h3-12,14H,13H2,1-2H3,(H,25,28). The molecule has 6 nitrogen and oxygen atoms in total. The summed E-state index contributed by atoms with van der Waals surface area (Å²) in [4.78, 5) is 21.3. The molecule has 0 fully saturated rings. The Balaban J connectivity index is 1.54. The summed E-state index contributed by atoms with van der Waals surface area (Å²) in [7, 11) is 0. The number of aryl methyl sites for hydroxylation is 2. The van der Waals surface area contributed by atoms with Gasteiger partial charge in [0.15, 0.2) is 0 Å². The monoisotopic (exact) mass is 384 g/mol. The average Bonchev–Trinajstić information content (AvgIpc) is 3.18. The molecule has 29 heavy (non-hydrogen) atoms. The van der Waals surface area contributed by atoms with Crippen LogP contribution in [0.5, 0.6) is 0 Å². The maximum atomic E-state index is 12.7. The molecule has 1 amide bonds. The molecule has 4 aromatic rings. The van der Waals surface area contributed by atoms with Crippen molar-refractivity contribution in [3.8, 4) is 11.4 Å². The Labute approximate surface area is 168 Å². The van der Waals surface area contributed by atoms with Crippen LogP contribution in [0.2, 0.25) is 0 Å². The Morgan fingerprint density at radius 1 is 1.03 bits per heavy atom. The van der Waals surface area contributed by atoms with Gasteiger partial charge in [0.1, 0.15) is 0 Å². The Kier molecular flexibility index (Phi) is 5.16. The molecular formula is C23H20N4O2. The molecule has 0 unspecified atom stereocenters. The van der Waals surface area contributed by atoms with Gasteiger partial charge in [0.05, 0.1) is 6.42 Å². The van der Waals surface area contributed by atoms with Crippen molar-refractivity contribution in [1.29, 1.82) is 0 Å². The van der Waals surface area contributed by atoms with Crippen LogP contribution < -0.4 is 5.32 Å². The predicted octanol–water partition coefficient (Wildman–Crippen LogP) is 4.59. The molecule has 0 spiro atoms. The normalized spacial score (nSPS) is 10.7. The summed E-state index contributed by atoms with van der Waals surface area (Å²) in [6.45, 7) is 3.96. The second kappa shape index (κ2) is 8.06. The van der Waals surface area contributed by atoms with Crippen molar-refractivity contribution in [2.75, 3.05) is 5.32 Å². The number of rotatable bonds is 5. The molecule has 4 rings (SSSR count). The van der Waals surface area contributed by atoms with Crippen LogP contribution in [0.3, 0.4) is 0 Å². The van der Waals surface area contributed by atoms with E-state index in [-0.39, 0.29) is 5.91 Å². The van der Waals surface area contributed by atoms with Gasteiger partial charge in [0.25, 0.3) is 5.91 Å². The van der Waals surface area contributed by atoms with E-state index in [4.69, 9.17) is 4.52 Å². The van der Waals surface area contributed by atoms with Crippen LogP contribution in [0, 0.1) is 13.8 Å². The Morgan fingerprint density at radius 3 is 2.59 bits per heavy atom. The van der Waals surface area contributed by atoms with Gasteiger partial charge in [-0.25, -0.2) is 0 Å².